The van der Waals surface area contributed by atoms with Crippen LogP contribution in [0.4, 0.5) is 0 Å². The lowest BCUT2D eigenvalue weighted by Crippen LogP contribution is -2.50. The van der Waals surface area contributed by atoms with Crippen LogP contribution in [-0.4, -0.2) is 31.2 Å². The molecule has 25 heavy (non-hydrogen) atoms. The van der Waals surface area contributed by atoms with Gasteiger partial charge in [0, 0.05) is 31.0 Å². The van der Waals surface area contributed by atoms with Crippen LogP contribution in [0.1, 0.15) is 65.7 Å². The van der Waals surface area contributed by atoms with E-state index in [1.54, 1.807) is 0 Å². The maximum atomic E-state index is 12.7. The molecule has 0 aromatic carbocycles. The fourth-order valence-electron chi connectivity index (χ4n) is 5.39. The molecule has 3 N–H and O–H groups in total. The normalized spacial score (nSPS) is 38.6. The van der Waals surface area contributed by atoms with Gasteiger partial charge in [-0.15, -0.1) is 12.4 Å². The van der Waals surface area contributed by atoms with Crippen LogP contribution in [0.25, 0.3) is 0 Å². The predicted molar refractivity (Wildman–Crippen MR) is 104 cm³/mol. The highest BCUT2D eigenvalue weighted by molar-refractivity contribution is 5.85. The Morgan fingerprint density at radius 2 is 1.76 bits per heavy atom. The van der Waals surface area contributed by atoms with Crippen molar-refractivity contribution in [2.24, 2.45) is 34.8 Å². The van der Waals surface area contributed by atoms with Gasteiger partial charge in [-0.2, -0.15) is 0 Å². The first-order valence-corrected chi connectivity index (χ1v) is 10.0. The van der Waals surface area contributed by atoms with Crippen LogP contribution in [0.2, 0.25) is 0 Å². The molecular weight excluding hydrogens is 336 g/mol. The summed E-state index contributed by atoms with van der Waals surface area (Å²) in [5, 5.41) is 3.27. The molecule has 2 aliphatic carbocycles. The van der Waals surface area contributed by atoms with Gasteiger partial charge in [-0.05, 0) is 55.8 Å². The van der Waals surface area contributed by atoms with Crippen LogP contribution in [0.15, 0.2) is 0 Å². The zero-order chi connectivity index (χ0) is 17.3. The monoisotopic (exact) mass is 372 g/mol. The number of rotatable bonds is 3. The number of amides is 1. The Morgan fingerprint density at radius 1 is 1.12 bits per heavy atom. The zero-order valence-electron chi connectivity index (χ0n) is 16.1. The van der Waals surface area contributed by atoms with Gasteiger partial charge in [0.25, 0.3) is 0 Å². The smallest absolute Gasteiger partial charge is 0.223 e. The average Bonchev–Trinajstić information content (AvgIpc) is 2.51. The van der Waals surface area contributed by atoms with Crippen LogP contribution in [0.5, 0.6) is 0 Å². The topological polar surface area (TPSA) is 64.3 Å². The molecule has 0 spiro atoms. The van der Waals surface area contributed by atoms with Crippen molar-refractivity contribution in [3.8, 4) is 0 Å². The van der Waals surface area contributed by atoms with E-state index in [1.165, 1.54) is 19.3 Å². The maximum absolute atomic E-state index is 12.7. The number of nitrogens with two attached hydrogens (primary N) is 1. The molecule has 2 saturated carbocycles. The lowest BCUT2D eigenvalue weighted by molar-refractivity contribution is -0.129. The number of halogens is 1. The van der Waals surface area contributed by atoms with E-state index in [-0.39, 0.29) is 35.8 Å². The van der Waals surface area contributed by atoms with Crippen LogP contribution in [-0.2, 0) is 9.53 Å². The van der Waals surface area contributed by atoms with E-state index in [4.69, 9.17) is 10.5 Å². The number of fused-ring (bicyclic) bond motifs is 2. The number of carbonyl (C=O) groups is 1. The van der Waals surface area contributed by atoms with Crippen molar-refractivity contribution in [1.82, 2.24) is 5.32 Å². The number of hydrogen-bond donors (Lipinski definition) is 2. The Labute approximate surface area is 159 Å². The Morgan fingerprint density at radius 3 is 2.36 bits per heavy atom. The van der Waals surface area contributed by atoms with Crippen molar-refractivity contribution in [3.63, 3.8) is 0 Å². The highest BCUT2D eigenvalue weighted by Crippen LogP contribution is 2.42. The summed E-state index contributed by atoms with van der Waals surface area (Å²) in [4.78, 5) is 12.7. The Balaban J connectivity index is 0.00000225. The maximum Gasteiger partial charge on any atom is 0.223 e. The van der Waals surface area contributed by atoms with Gasteiger partial charge in [-0.25, -0.2) is 0 Å². The van der Waals surface area contributed by atoms with Gasteiger partial charge >= 0.3 is 0 Å². The van der Waals surface area contributed by atoms with Gasteiger partial charge in [0.05, 0.1) is 6.10 Å². The molecule has 4 unspecified atom stereocenters. The molecule has 1 aliphatic heterocycles. The molecule has 0 aromatic heterocycles. The van der Waals surface area contributed by atoms with E-state index in [2.05, 4.69) is 26.1 Å². The quantitative estimate of drug-likeness (QED) is 0.796. The molecule has 2 bridgehead atoms. The van der Waals surface area contributed by atoms with Crippen molar-refractivity contribution in [1.29, 1.82) is 0 Å². The Hall–Kier alpha value is -0.320. The molecule has 1 saturated heterocycles. The lowest BCUT2D eigenvalue weighted by atomic mass is 9.65. The molecule has 3 fully saturated rings. The summed E-state index contributed by atoms with van der Waals surface area (Å²) in [5.41, 5.74) is 6.48. The number of nitrogens with one attached hydrogen (secondary N) is 1. The molecule has 4 atom stereocenters. The first-order chi connectivity index (χ1) is 11.4. The fourth-order valence-corrected chi connectivity index (χ4v) is 5.39. The van der Waals surface area contributed by atoms with Gasteiger partial charge in [-0.3, -0.25) is 4.79 Å². The second-order valence-electron chi connectivity index (χ2n) is 9.50. The van der Waals surface area contributed by atoms with Gasteiger partial charge < -0.3 is 15.8 Å². The predicted octanol–water partition coefficient (Wildman–Crippen LogP) is 3.52. The van der Waals surface area contributed by atoms with Crippen LogP contribution in [0.3, 0.4) is 0 Å². The minimum Gasteiger partial charge on any atom is -0.377 e. The molecule has 146 valence electrons. The first-order valence-electron chi connectivity index (χ1n) is 10.0. The van der Waals surface area contributed by atoms with Crippen molar-refractivity contribution >= 4 is 18.3 Å². The molecule has 3 rings (SSSR count). The van der Waals surface area contributed by atoms with Crippen molar-refractivity contribution in [2.45, 2.75) is 77.9 Å². The minimum atomic E-state index is 0. The molecule has 1 amide bonds. The van der Waals surface area contributed by atoms with Crippen molar-refractivity contribution in [3.05, 3.63) is 0 Å². The van der Waals surface area contributed by atoms with Gasteiger partial charge in [0.1, 0.15) is 0 Å². The number of ether oxygens (including phenoxy) is 1. The van der Waals surface area contributed by atoms with Crippen molar-refractivity contribution in [2.75, 3.05) is 13.2 Å². The van der Waals surface area contributed by atoms with Crippen LogP contribution in [0, 0.1) is 29.1 Å². The SMILES string of the molecule is CC(C)(C)C1OCCCC1CNC(=O)C1CC2CCCC(C1)C2N.Cl. The van der Waals surface area contributed by atoms with E-state index in [0.717, 1.165) is 38.8 Å². The zero-order valence-corrected chi connectivity index (χ0v) is 16.9. The summed E-state index contributed by atoms with van der Waals surface area (Å²) in [6, 6.07) is 0.333. The molecule has 3 aliphatic rings. The summed E-state index contributed by atoms with van der Waals surface area (Å²) in [6.07, 6.45) is 8.21. The Kier molecular flexibility index (Phi) is 7.20. The molecular formula is C20H37ClN2O2. The molecule has 0 radical (unpaired) electrons. The van der Waals surface area contributed by atoms with Gasteiger partial charge in [0.15, 0.2) is 0 Å². The molecule has 1 heterocycles. The summed E-state index contributed by atoms with van der Waals surface area (Å²) in [5.74, 6) is 2.00. The summed E-state index contributed by atoms with van der Waals surface area (Å²) in [7, 11) is 0. The highest BCUT2D eigenvalue weighted by Gasteiger charge is 2.41. The summed E-state index contributed by atoms with van der Waals surface area (Å²) >= 11 is 0. The average molecular weight is 373 g/mol. The summed E-state index contributed by atoms with van der Waals surface area (Å²) < 4.78 is 6.04. The van der Waals surface area contributed by atoms with Crippen LogP contribution >= 0.6 is 12.4 Å². The van der Waals surface area contributed by atoms with Gasteiger partial charge in [0.2, 0.25) is 5.91 Å². The van der Waals surface area contributed by atoms with E-state index >= 15 is 0 Å². The van der Waals surface area contributed by atoms with Crippen molar-refractivity contribution < 1.29 is 9.53 Å². The molecule has 5 heteroatoms. The standard InChI is InChI=1S/C20H36N2O2.ClH/c1-20(2,3)18-15(8-5-9-24-18)12-22-19(23)16-10-13-6-4-7-14(11-16)17(13)21;/h13-18H,4-12,21H2,1-3H3,(H,22,23);1H. The van der Waals surface area contributed by atoms with E-state index < -0.39 is 0 Å². The van der Waals surface area contributed by atoms with E-state index in [9.17, 15) is 4.79 Å². The second-order valence-corrected chi connectivity index (χ2v) is 9.50. The van der Waals surface area contributed by atoms with E-state index in [0.29, 0.717) is 23.8 Å². The van der Waals surface area contributed by atoms with E-state index in [1.807, 2.05) is 0 Å². The number of hydrogen-bond acceptors (Lipinski definition) is 3. The molecule has 4 nitrogen and oxygen atoms in total. The summed E-state index contributed by atoms with van der Waals surface area (Å²) in [6.45, 7) is 8.33. The largest absolute Gasteiger partial charge is 0.377 e. The highest BCUT2D eigenvalue weighted by atomic mass is 35.5. The third-order valence-corrected chi connectivity index (χ3v) is 6.62. The fraction of sp³-hybridized carbons (Fsp3) is 0.950. The number of carbonyl (C=O) groups excluding carboxylic acids is 1. The third-order valence-electron chi connectivity index (χ3n) is 6.62. The Bertz CT molecular complexity index is 437. The lowest BCUT2D eigenvalue weighted by Gasteiger charge is -2.44. The minimum absolute atomic E-state index is 0. The third kappa shape index (κ3) is 4.90. The van der Waals surface area contributed by atoms with Crippen LogP contribution < -0.4 is 11.1 Å². The second kappa shape index (κ2) is 8.58. The van der Waals surface area contributed by atoms with Gasteiger partial charge in [-0.1, -0.05) is 27.2 Å². The molecule has 0 aromatic rings. The first kappa shape index (κ1) is 21.0.